The first kappa shape index (κ1) is 26.6. The first-order valence-electron chi connectivity index (χ1n) is 10.1. The number of carboxylic acids is 1. The molecule has 0 aliphatic rings. The molecule has 0 radical (unpaired) electrons. The van der Waals surface area contributed by atoms with Gasteiger partial charge in [0.15, 0.2) is 0 Å². The van der Waals surface area contributed by atoms with Crippen molar-refractivity contribution in [1.82, 2.24) is 25.9 Å². The Kier molecular flexibility index (Phi) is 10.3. The molecule has 5 unspecified atom stereocenters. The monoisotopic (exact) mass is 453 g/mol. The molecular weight excluding hydrogens is 422 g/mol. The van der Waals surface area contributed by atoms with Gasteiger partial charge in [-0.2, -0.15) is 0 Å². The summed E-state index contributed by atoms with van der Waals surface area (Å²) in [6.07, 6.45) is 3.02. The van der Waals surface area contributed by atoms with Crippen LogP contribution in [0.3, 0.4) is 0 Å². The standard InChI is InChI=1S/C19H31N7O6/c1-4-9(2)15(21)18(30)25-12(5-11-7-22-8-23-11)17(29)24-10(3)16(28)26-13(19(31)32)6-14(20)27/h7-10,12-13,15H,4-6,21H2,1-3H3,(H2,20,27)(H,22,23)(H,24,29)(H,25,30)(H,26,28)(H,31,32). The maximum absolute atomic E-state index is 12.8. The molecule has 5 atom stereocenters. The average molecular weight is 454 g/mol. The average Bonchev–Trinajstić information content (AvgIpc) is 3.23. The first-order chi connectivity index (χ1) is 15.0. The number of nitrogens with two attached hydrogens (primary N) is 2. The van der Waals surface area contributed by atoms with Crippen LogP contribution in [0.1, 0.15) is 39.3 Å². The Hall–Kier alpha value is -3.48. The van der Waals surface area contributed by atoms with Crippen molar-refractivity contribution in [2.45, 2.75) is 64.2 Å². The quantitative estimate of drug-likeness (QED) is 0.172. The van der Waals surface area contributed by atoms with Gasteiger partial charge in [0.1, 0.15) is 18.1 Å². The van der Waals surface area contributed by atoms with Gasteiger partial charge in [0.25, 0.3) is 0 Å². The summed E-state index contributed by atoms with van der Waals surface area (Å²) in [7, 11) is 0. The molecule has 1 aromatic rings. The van der Waals surface area contributed by atoms with Crippen molar-refractivity contribution in [1.29, 1.82) is 0 Å². The molecule has 13 nitrogen and oxygen atoms in total. The number of H-pyrrole nitrogens is 1. The lowest BCUT2D eigenvalue weighted by atomic mass is 9.98. The van der Waals surface area contributed by atoms with Gasteiger partial charge in [-0.1, -0.05) is 20.3 Å². The second-order valence-electron chi connectivity index (χ2n) is 7.55. The Labute approximate surface area is 185 Å². The van der Waals surface area contributed by atoms with Crippen LogP contribution in [0.4, 0.5) is 0 Å². The van der Waals surface area contributed by atoms with Crippen molar-refractivity contribution >= 4 is 29.6 Å². The van der Waals surface area contributed by atoms with Crippen LogP contribution < -0.4 is 27.4 Å². The minimum absolute atomic E-state index is 0.0541. The van der Waals surface area contributed by atoms with Crippen molar-refractivity contribution in [2.24, 2.45) is 17.4 Å². The molecule has 0 saturated heterocycles. The molecular formula is C19H31N7O6. The summed E-state index contributed by atoms with van der Waals surface area (Å²) in [6.45, 7) is 5.03. The van der Waals surface area contributed by atoms with Crippen LogP contribution in [0.5, 0.6) is 0 Å². The van der Waals surface area contributed by atoms with Crippen LogP contribution in [-0.4, -0.2) is 68.8 Å². The predicted octanol–water partition coefficient (Wildman–Crippen LogP) is -2.24. The van der Waals surface area contributed by atoms with E-state index in [4.69, 9.17) is 16.6 Å². The van der Waals surface area contributed by atoms with Gasteiger partial charge in [-0.05, 0) is 12.8 Å². The van der Waals surface area contributed by atoms with E-state index in [0.29, 0.717) is 12.1 Å². The minimum atomic E-state index is -1.53. The largest absolute Gasteiger partial charge is 0.480 e. The third kappa shape index (κ3) is 8.34. The molecule has 0 aliphatic heterocycles. The fourth-order valence-electron chi connectivity index (χ4n) is 2.68. The summed E-state index contributed by atoms with van der Waals surface area (Å²) >= 11 is 0. The molecule has 0 spiro atoms. The number of carbonyl (C=O) groups is 5. The van der Waals surface area contributed by atoms with Gasteiger partial charge in [-0.3, -0.25) is 19.2 Å². The summed E-state index contributed by atoms with van der Waals surface area (Å²) in [5, 5.41) is 16.3. The highest BCUT2D eigenvalue weighted by Gasteiger charge is 2.30. The summed E-state index contributed by atoms with van der Waals surface area (Å²) in [4.78, 5) is 66.5. The molecule has 0 aliphatic carbocycles. The second kappa shape index (κ2) is 12.4. The molecule has 32 heavy (non-hydrogen) atoms. The van der Waals surface area contributed by atoms with Gasteiger partial charge in [0.05, 0.1) is 18.8 Å². The lowest BCUT2D eigenvalue weighted by molar-refractivity contribution is -0.143. The SMILES string of the molecule is CCC(C)C(N)C(=O)NC(Cc1cnc[nH]1)C(=O)NC(C)C(=O)NC(CC(N)=O)C(=O)O. The van der Waals surface area contributed by atoms with E-state index >= 15 is 0 Å². The van der Waals surface area contributed by atoms with Gasteiger partial charge >= 0.3 is 5.97 Å². The number of amides is 4. The number of carbonyl (C=O) groups excluding carboxylic acids is 4. The van der Waals surface area contributed by atoms with Crippen molar-refractivity contribution in [3.63, 3.8) is 0 Å². The topological polar surface area (TPSA) is 222 Å². The fourth-order valence-corrected chi connectivity index (χ4v) is 2.68. The smallest absolute Gasteiger partial charge is 0.326 e. The molecule has 178 valence electrons. The van der Waals surface area contributed by atoms with E-state index in [0.717, 1.165) is 0 Å². The number of hydrogen-bond donors (Lipinski definition) is 7. The number of carboxylic acid groups (broad SMARTS) is 1. The van der Waals surface area contributed by atoms with Crippen molar-refractivity contribution in [3.05, 3.63) is 18.2 Å². The van der Waals surface area contributed by atoms with E-state index in [2.05, 4.69) is 25.9 Å². The highest BCUT2D eigenvalue weighted by atomic mass is 16.4. The molecule has 0 saturated carbocycles. The number of rotatable bonds is 13. The summed E-state index contributed by atoms with van der Waals surface area (Å²) in [5.74, 6) is -4.52. The molecule has 1 heterocycles. The maximum atomic E-state index is 12.8. The molecule has 13 heteroatoms. The van der Waals surface area contributed by atoms with E-state index in [-0.39, 0.29) is 12.3 Å². The Bertz CT molecular complexity index is 813. The van der Waals surface area contributed by atoms with E-state index < -0.39 is 60.2 Å². The number of aliphatic carboxylic acids is 1. The Morgan fingerprint density at radius 2 is 1.69 bits per heavy atom. The van der Waals surface area contributed by atoms with E-state index in [1.807, 2.05) is 13.8 Å². The third-order valence-corrected chi connectivity index (χ3v) is 4.94. The number of nitrogens with zero attached hydrogens (tertiary/aromatic N) is 1. The number of aromatic amines is 1. The molecule has 4 amide bonds. The van der Waals surface area contributed by atoms with E-state index in [1.165, 1.54) is 19.4 Å². The number of nitrogens with one attached hydrogen (secondary N) is 4. The second-order valence-corrected chi connectivity index (χ2v) is 7.55. The number of hydrogen-bond acceptors (Lipinski definition) is 7. The number of imidazole rings is 1. The van der Waals surface area contributed by atoms with Gasteiger partial charge in [0.2, 0.25) is 23.6 Å². The van der Waals surface area contributed by atoms with Gasteiger partial charge in [-0.25, -0.2) is 9.78 Å². The number of primary amides is 1. The van der Waals surface area contributed by atoms with Crippen LogP contribution in [0.2, 0.25) is 0 Å². The third-order valence-electron chi connectivity index (χ3n) is 4.94. The zero-order valence-corrected chi connectivity index (χ0v) is 18.3. The lowest BCUT2D eigenvalue weighted by Gasteiger charge is -2.24. The maximum Gasteiger partial charge on any atom is 0.326 e. The highest BCUT2D eigenvalue weighted by Crippen LogP contribution is 2.07. The van der Waals surface area contributed by atoms with E-state index in [1.54, 1.807) is 0 Å². The molecule has 0 fully saturated rings. The minimum Gasteiger partial charge on any atom is -0.480 e. The van der Waals surface area contributed by atoms with Gasteiger partial charge < -0.3 is 37.5 Å². The van der Waals surface area contributed by atoms with Crippen molar-refractivity contribution in [3.8, 4) is 0 Å². The van der Waals surface area contributed by atoms with Crippen LogP contribution in [0.25, 0.3) is 0 Å². The fraction of sp³-hybridized carbons (Fsp3) is 0.579. The number of aromatic nitrogens is 2. The van der Waals surface area contributed by atoms with Crippen LogP contribution >= 0.6 is 0 Å². The van der Waals surface area contributed by atoms with Crippen LogP contribution in [0.15, 0.2) is 12.5 Å². The molecule has 0 bridgehead atoms. The van der Waals surface area contributed by atoms with Gasteiger partial charge in [-0.15, -0.1) is 0 Å². The first-order valence-corrected chi connectivity index (χ1v) is 10.1. The zero-order valence-electron chi connectivity index (χ0n) is 18.3. The van der Waals surface area contributed by atoms with Gasteiger partial charge in [0, 0.05) is 18.3 Å². The molecule has 9 N–H and O–H groups in total. The van der Waals surface area contributed by atoms with Crippen molar-refractivity contribution in [2.75, 3.05) is 0 Å². The lowest BCUT2D eigenvalue weighted by Crippen LogP contribution is -2.57. The molecule has 1 rings (SSSR count). The highest BCUT2D eigenvalue weighted by molar-refractivity contribution is 5.94. The predicted molar refractivity (Wildman–Crippen MR) is 113 cm³/mol. The Balaban J connectivity index is 2.87. The van der Waals surface area contributed by atoms with Crippen LogP contribution in [-0.2, 0) is 30.4 Å². The summed E-state index contributed by atoms with van der Waals surface area (Å²) in [6, 6.07) is -4.60. The Morgan fingerprint density at radius 3 is 2.19 bits per heavy atom. The summed E-state index contributed by atoms with van der Waals surface area (Å²) < 4.78 is 0. The Morgan fingerprint density at radius 1 is 1.06 bits per heavy atom. The summed E-state index contributed by atoms with van der Waals surface area (Å²) in [5.41, 5.74) is 11.5. The molecule has 1 aromatic heterocycles. The van der Waals surface area contributed by atoms with Crippen molar-refractivity contribution < 1.29 is 29.1 Å². The van der Waals surface area contributed by atoms with Crippen LogP contribution in [0, 0.1) is 5.92 Å². The zero-order chi connectivity index (χ0) is 24.4. The van der Waals surface area contributed by atoms with E-state index in [9.17, 15) is 24.0 Å². The normalized spacial score (nSPS) is 15.5. The molecule has 0 aromatic carbocycles.